The number of rotatable bonds is 6. The number of likely N-dealkylation sites (N-methyl/N-ethyl adjacent to an activating group) is 1. The van der Waals surface area contributed by atoms with Crippen molar-refractivity contribution in [3.63, 3.8) is 0 Å². The van der Waals surface area contributed by atoms with Crippen LogP contribution in [0.15, 0.2) is 18.2 Å². The predicted octanol–water partition coefficient (Wildman–Crippen LogP) is 1.41. The number of carbonyl (C=O) groups is 2. The number of nitrogens with zero attached hydrogens (tertiary/aromatic N) is 2. The van der Waals surface area contributed by atoms with Gasteiger partial charge in [-0.2, -0.15) is 0 Å². The summed E-state index contributed by atoms with van der Waals surface area (Å²) in [6.07, 6.45) is 1.96. The maximum Gasteiger partial charge on any atom is 0.338 e. The summed E-state index contributed by atoms with van der Waals surface area (Å²) in [6, 6.07) is 4.35. The average Bonchev–Trinajstić information content (AvgIpc) is 3.28. The molecule has 118 valence electrons. The fourth-order valence-corrected chi connectivity index (χ4v) is 1.72. The number of benzene rings is 1. The van der Waals surface area contributed by atoms with Crippen LogP contribution >= 0.6 is 0 Å². The first-order chi connectivity index (χ1) is 10.4. The largest absolute Gasteiger partial charge is 0.452 e. The van der Waals surface area contributed by atoms with Crippen LogP contribution < -0.4 is 5.32 Å². The summed E-state index contributed by atoms with van der Waals surface area (Å²) in [5.74, 6) is -1.13. The van der Waals surface area contributed by atoms with E-state index in [0.717, 1.165) is 18.9 Å². The molecule has 1 N–H and O–H groups in total. The molecule has 8 heteroatoms. The van der Waals surface area contributed by atoms with Crippen molar-refractivity contribution in [1.29, 1.82) is 0 Å². The van der Waals surface area contributed by atoms with Crippen LogP contribution in [0.5, 0.6) is 0 Å². The maximum absolute atomic E-state index is 11.9. The van der Waals surface area contributed by atoms with Crippen molar-refractivity contribution in [2.45, 2.75) is 18.9 Å². The highest BCUT2D eigenvalue weighted by Crippen LogP contribution is 2.31. The summed E-state index contributed by atoms with van der Waals surface area (Å²) in [6.45, 7) is -0.401. The number of carbonyl (C=O) groups excluding carboxylic acids is 2. The Morgan fingerprint density at radius 3 is 2.64 bits per heavy atom. The molecular formula is C14H17N3O5. The van der Waals surface area contributed by atoms with E-state index >= 15 is 0 Å². The second-order valence-corrected chi connectivity index (χ2v) is 5.27. The molecule has 1 aliphatic rings. The monoisotopic (exact) mass is 307 g/mol. The van der Waals surface area contributed by atoms with Gasteiger partial charge in [0.2, 0.25) is 0 Å². The molecule has 1 saturated carbocycles. The van der Waals surface area contributed by atoms with Gasteiger partial charge in [0.05, 0.1) is 10.5 Å². The van der Waals surface area contributed by atoms with Gasteiger partial charge in [-0.1, -0.05) is 0 Å². The van der Waals surface area contributed by atoms with E-state index in [4.69, 9.17) is 4.74 Å². The fraction of sp³-hybridized carbons (Fsp3) is 0.429. The molecule has 0 spiro atoms. The van der Waals surface area contributed by atoms with E-state index < -0.39 is 17.5 Å². The number of esters is 1. The first-order valence-corrected chi connectivity index (χ1v) is 6.80. The number of nitro benzene ring substituents is 1. The van der Waals surface area contributed by atoms with E-state index in [1.165, 1.54) is 17.0 Å². The Kier molecular flexibility index (Phi) is 4.59. The summed E-state index contributed by atoms with van der Waals surface area (Å²) in [7, 11) is 3.08. The normalized spacial score (nSPS) is 13.4. The van der Waals surface area contributed by atoms with Gasteiger partial charge in [0.15, 0.2) is 6.61 Å². The van der Waals surface area contributed by atoms with Crippen LogP contribution in [-0.2, 0) is 9.53 Å². The highest BCUT2D eigenvalue weighted by atomic mass is 16.6. The van der Waals surface area contributed by atoms with Crippen LogP contribution in [0.2, 0.25) is 0 Å². The minimum Gasteiger partial charge on any atom is -0.452 e. The molecule has 1 aromatic carbocycles. The molecule has 0 heterocycles. The lowest BCUT2D eigenvalue weighted by atomic mass is 10.1. The third-order valence-corrected chi connectivity index (χ3v) is 3.19. The Morgan fingerprint density at radius 1 is 1.41 bits per heavy atom. The Balaban J connectivity index is 2.10. The topological polar surface area (TPSA) is 102 Å². The fourth-order valence-electron chi connectivity index (χ4n) is 1.72. The van der Waals surface area contributed by atoms with Crippen LogP contribution in [0.25, 0.3) is 0 Å². The molecule has 1 aliphatic carbocycles. The molecular weight excluding hydrogens is 290 g/mol. The Bertz CT molecular complexity index is 610. The Morgan fingerprint density at radius 2 is 2.09 bits per heavy atom. The third kappa shape index (κ3) is 3.94. The van der Waals surface area contributed by atoms with Gasteiger partial charge < -0.3 is 15.0 Å². The van der Waals surface area contributed by atoms with Gasteiger partial charge in [-0.15, -0.1) is 0 Å². The summed E-state index contributed by atoms with van der Waals surface area (Å²) < 4.78 is 4.85. The number of hydrogen-bond acceptors (Lipinski definition) is 6. The average molecular weight is 307 g/mol. The van der Waals surface area contributed by atoms with Crippen molar-refractivity contribution >= 4 is 23.3 Å². The zero-order chi connectivity index (χ0) is 16.3. The number of amides is 1. The summed E-state index contributed by atoms with van der Waals surface area (Å²) >= 11 is 0. The number of nitrogens with one attached hydrogen (secondary N) is 1. The van der Waals surface area contributed by atoms with E-state index in [2.05, 4.69) is 5.32 Å². The molecule has 0 saturated heterocycles. The van der Waals surface area contributed by atoms with E-state index in [9.17, 15) is 19.7 Å². The highest BCUT2D eigenvalue weighted by Gasteiger charge is 2.26. The van der Waals surface area contributed by atoms with E-state index in [-0.39, 0.29) is 23.2 Å². The molecule has 0 atom stereocenters. The van der Waals surface area contributed by atoms with Crippen molar-refractivity contribution in [2.75, 3.05) is 26.0 Å². The van der Waals surface area contributed by atoms with Gasteiger partial charge in [-0.3, -0.25) is 14.9 Å². The van der Waals surface area contributed by atoms with Crippen molar-refractivity contribution < 1.29 is 19.2 Å². The molecule has 2 rings (SSSR count). The van der Waals surface area contributed by atoms with E-state index in [0.29, 0.717) is 5.69 Å². The quantitative estimate of drug-likeness (QED) is 0.484. The van der Waals surface area contributed by atoms with Crippen LogP contribution in [0.3, 0.4) is 0 Å². The molecule has 1 aromatic rings. The van der Waals surface area contributed by atoms with Gasteiger partial charge in [-0.25, -0.2) is 4.79 Å². The third-order valence-electron chi connectivity index (χ3n) is 3.19. The molecule has 0 radical (unpaired) electrons. The first-order valence-electron chi connectivity index (χ1n) is 6.80. The molecule has 1 amide bonds. The van der Waals surface area contributed by atoms with Crippen LogP contribution in [0.1, 0.15) is 23.2 Å². The lowest BCUT2D eigenvalue weighted by molar-refractivity contribution is -0.384. The van der Waals surface area contributed by atoms with Gasteiger partial charge >= 0.3 is 5.97 Å². The van der Waals surface area contributed by atoms with Gasteiger partial charge in [0.25, 0.3) is 11.6 Å². The zero-order valence-electron chi connectivity index (χ0n) is 12.4. The number of anilines is 1. The van der Waals surface area contributed by atoms with E-state index in [1.54, 1.807) is 14.1 Å². The van der Waals surface area contributed by atoms with Gasteiger partial charge in [0, 0.05) is 26.2 Å². The van der Waals surface area contributed by atoms with Gasteiger partial charge in [-0.05, 0) is 25.0 Å². The number of hydrogen-bond donors (Lipinski definition) is 1. The molecule has 0 aromatic heterocycles. The van der Waals surface area contributed by atoms with Crippen molar-refractivity contribution in [2.24, 2.45) is 0 Å². The standard InChI is InChI=1S/C14H17N3O5/c1-16(2)13(18)8-22-14(19)9-3-6-11(15-10-4-5-10)12(7-9)17(20)21/h3,6-7,10,15H,4-5,8H2,1-2H3. The van der Waals surface area contributed by atoms with E-state index in [1.807, 2.05) is 0 Å². The van der Waals surface area contributed by atoms with Crippen LogP contribution in [0.4, 0.5) is 11.4 Å². The van der Waals surface area contributed by atoms with Crippen molar-refractivity contribution in [3.8, 4) is 0 Å². The number of nitro groups is 1. The number of ether oxygens (including phenoxy) is 1. The summed E-state index contributed by atoms with van der Waals surface area (Å²) in [4.78, 5) is 35.1. The Labute approximate surface area is 127 Å². The molecule has 0 unspecified atom stereocenters. The molecule has 1 fully saturated rings. The van der Waals surface area contributed by atoms with Gasteiger partial charge in [0.1, 0.15) is 5.69 Å². The summed E-state index contributed by atoms with van der Waals surface area (Å²) in [5.41, 5.74) is 0.244. The predicted molar refractivity (Wildman–Crippen MR) is 78.7 cm³/mol. The molecule has 0 aliphatic heterocycles. The highest BCUT2D eigenvalue weighted by molar-refractivity contribution is 5.93. The van der Waals surface area contributed by atoms with Crippen molar-refractivity contribution in [3.05, 3.63) is 33.9 Å². The zero-order valence-corrected chi connectivity index (χ0v) is 12.4. The lowest BCUT2D eigenvalue weighted by Gasteiger charge is -2.11. The molecule has 22 heavy (non-hydrogen) atoms. The minimum atomic E-state index is -0.767. The van der Waals surface area contributed by atoms with Crippen LogP contribution in [0, 0.1) is 10.1 Å². The molecule has 0 bridgehead atoms. The second kappa shape index (κ2) is 6.42. The second-order valence-electron chi connectivity index (χ2n) is 5.27. The first kappa shape index (κ1) is 15.7. The smallest absolute Gasteiger partial charge is 0.338 e. The van der Waals surface area contributed by atoms with Crippen molar-refractivity contribution in [1.82, 2.24) is 4.90 Å². The Hall–Kier alpha value is -2.64. The lowest BCUT2D eigenvalue weighted by Crippen LogP contribution is -2.27. The SMILES string of the molecule is CN(C)C(=O)COC(=O)c1ccc(NC2CC2)c([N+](=O)[O-])c1. The maximum atomic E-state index is 11.9. The minimum absolute atomic E-state index is 0.0413. The molecule has 8 nitrogen and oxygen atoms in total. The summed E-state index contributed by atoms with van der Waals surface area (Å²) in [5, 5.41) is 14.1. The van der Waals surface area contributed by atoms with Crippen LogP contribution in [-0.4, -0.2) is 48.4 Å².